The van der Waals surface area contributed by atoms with Gasteiger partial charge in [-0.3, -0.25) is 9.78 Å². The normalized spacial score (nSPS) is 8.50. The van der Waals surface area contributed by atoms with Crippen molar-refractivity contribution in [2.45, 2.75) is 27.2 Å². The number of aromatic nitrogens is 1. The largest absolute Gasteiger partial charge is 0.466 e. The van der Waals surface area contributed by atoms with Crippen molar-refractivity contribution < 1.29 is 9.53 Å². The van der Waals surface area contributed by atoms with Crippen molar-refractivity contribution in [1.29, 1.82) is 0 Å². The molecule has 0 unspecified atom stereocenters. The van der Waals surface area contributed by atoms with E-state index in [0.717, 1.165) is 5.69 Å². The zero-order chi connectivity index (χ0) is 10.8. The third kappa shape index (κ3) is 5.30. The van der Waals surface area contributed by atoms with Crippen molar-refractivity contribution in [3.05, 3.63) is 30.1 Å². The lowest BCUT2D eigenvalue weighted by atomic mass is 10.3. The second kappa shape index (κ2) is 8.23. The van der Waals surface area contributed by atoms with Crippen LogP contribution < -0.4 is 0 Å². The van der Waals surface area contributed by atoms with Crippen molar-refractivity contribution in [2.24, 2.45) is 0 Å². The molecule has 78 valence electrons. The first-order valence-corrected chi connectivity index (χ1v) is 4.88. The summed E-state index contributed by atoms with van der Waals surface area (Å²) in [6.07, 6.45) is 1.92. The van der Waals surface area contributed by atoms with Crippen molar-refractivity contribution in [3.8, 4) is 0 Å². The fourth-order valence-corrected chi connectivity index (χ4v) is 0.863. The van der Waals surface area contributed by atoms with Crippen LogP contribution in [0.25, 0.3) is 0 Å². The van der Waals surface area contributed by atoms with E-state index in [4.69, 9.17) is 4.74 Å². The highest BCUT2D eigenvalue weighted by Crippen LogP contribution is 1.95. The molecule has 0 radical (unpaired) electrons. The third-order valence-corrected chi connectivity index (χ3v) is 1.36. The van der Waals surface area contributed by atoms with Crippen LogP contribution in [-0.4, -0.2) is 17.6 Å². The van der Waals surface area contributed by atoms with E-state index in [0.29, 0.717) is 6.61 Å². The summed E-state index contributed by atoms with van der Waals surface area (Å²) in [7, 11) is 0. The molecule has 1 rings (SSSR count). The second-order valence-electron chi connectivity index (χ2n) is 2.30. The molecule has 1 aromatic heterocycles. The molecule has 0 atom stereocenters. The molecule has 0 bridgehead atoms. The number of carbonyl (C=O) groups excluding carboxylic acids is 1. The van der Waals surface area contributed by atoms with Gasteiger partial charge in [0, 0.05) is 6.20 Å². The van der Waals surface area contributed by atoms with Crippen LogP contribution in [-0.2, 0) is 16.0 Å². The highest BCUT2D eigenvalue weighted by molar-refractivity contribution is 5.71. The maximum Gasteiger partial charge on any atom is 0.311 e. The van der Waals surface area contributed by atoms with E-state index in [9.17, 15) is 4.79 Å². The summed E-state index contributed by atoms with van der Waals surface area (Å²) in [6.45, 7) is 6.21. The van der Waals surface area contributed by atoms with Crippen LogP contribution in [0.5, 0.6) is 0 Å². The SMILES string of the molecule is CC.CCOC(=O)Cc1ccccn1. The van der Waals surface area contributed by atoms with Crippen molar-refractivity contribution in [3.63, 3.8) is 0 Å². The highest BCUT2D eigenvalue weighted by atomic mass is 16.5. The Bertz CT molecular complexity index is 247. The number of hydrogen-bond donors (Lipinski definition) is 0. The third-order valence-electron chi connectivity index (χ3n) is 1.36. The van der Waals surface area contributed by atoms with Crippen molar-refractivity contribution >= 4 is 5.97 Å². The summed E-state index contributed by atoms with van der Waals surface area (Å²) >= 11 is 0. The minimum absolute atomic E-state index is 0.226. The van der Waals surface area contributed by atoms with E-state index < -0.39 is 0 Å². The van der Waals surface area contributed by atoms with E-state index in [1.807, 2.05) is 26.0 Å². The van der Waals surface area contributed by atoms with E-state index >= 15 is 0 Å². The Morgan fingerprint density at radius 3 is 2.64 bits per heavy atom. The predicted molar refractivity (Wildman–Crippen MR) is 55.9 cm³/mol. The van der Waals surface area contributed by atoms with E-state index in [-0.39, 0.29) is 12.4 Å². The number of ether oxygens (including phenoxy) is 1. The van der Waals surface area contributed by atoms with Crippen LogP contribution in [0.2, 0.25) is 0 Å². The Hall–Kier alpha value is -1.38. The summed E-state index contributed by atoms with van der Waals surface area (Å²) in [5.74, 6) is -0.226. The van der Waals surface area contributed by atoms with Gasteiger partial charge in [-0.1, -0.05) is 19.9 Å². The molecule has 1 heterocycles. The monoisotopic (exact) mass is 195 g/mol. The second-order valence-corrected chi connectivity index (χ2v) is 2.30. The minimum Gasteiger partial charge on any atom is -0.466 e. The molecule has 3 nitrogen and oxygen atoms in total. The lowest BCUT2D eigenvalue weighted by Gasteiger charge is -1.99. The van der Waals surface area contributed by atoms with Crippen LogP contribution >= 0.6 is 0 Å². The topological polar surface area (TPSA) is 39.2 Å². The molecular weight excluding hydrogens is 178 g/mol. The van der Waals surface area contributed by atoms with Gasteiger partial charge >= 0.3 is 5.97 Å². The summed E-state index contributed by atoms with van der Waals surface area (Å²) in [6, 6.07) is 5.47. The van der Waals surface area contributed by atoms with Gasteiger partial charge in [0.1, 0.15) is 0 Å². The Balaban J connectivity index is 0.000000791. The lowest BCUT2D eigenvalue weighted by Crippen LogP contribution is -2.08. The molecule has 0 saturated carbocycles. The minimum atomic E-state index is -0.226. The quantitative estimate of drug-likeness (QED) is 0.694. The molecule has 0 aliphatic rings. The maximum absolute atomic E-state index is 11.0. The average molecular weight is 195 g/mol. The number of esters is 1. The zero-order valence-electron chi connectivity index (χ0n) is 8.99. The molecule has 0 aliphatic heterocycles. The molecule has 0 amide bonds. The van der Waals surface area contributed by atoms with Gasteiger partial charge in [0.2, 0.25) is 0 Å². The Kier molecular flexibility index (Phi) is 7.42. The van der Waals surface area contributed by atoms with Gasteiger partial charge in [-0.25, -0.2) is 0 Å². The Morgan fingerprint density at radius 2 is 2.14 bits per heavy atom. The molecule has 0 N–H and O–H groups in total. The molecule has 0 saturated heterocycles. The molecule has 3 heteroatoms. The summed E-state index contributed by atoms with van der Waals surface area (Å²) in [5.41, 5.74) is 0.746. The molecule has 0 spiro atoms. The van der Waals surface area contributed by atoms with Crippen LogP contribution in [0.15, 0.2) is 24.4 Å². The van der Waals surface area contributed by atoms with Gasteiger partial charge in [-0.15, -0.1) is 0 Å². The van der Waals surface area contributed by atoms with E-state index in [1.165, 1.54) is 0 Å². The number of rotatable bonds is 3. The van der Waals surface area contributed by atoms with Gasteiger partial charge in [-0.2, -0.15) is 0 Å². The van der Waals surface area contributed by atoms with Gasteiger partial charge in [0.05, 0.1) is 18.7 Å². The molecule has 0 fully saturated rings. The van der Waals surface area contributed by atoms with Gasteiger partial charge < -0.3 is 4.74 Å². The predicted octanol–water partition coefficient (Wildman–Crippen LogP) is 2.21. The molecular formula is C11H17NO2. The Labute approximate surface area is 85.1 Å². The van der Waals surface area contributed by atoms with Gasteiger partial charge in [-0.05, 0) is 19.1 Å². The van der Waals surface area contributed by atoms with Crippen LogP contribution in [0, 0.1) is 0 Å². The first-order chi connectivity index (χ1) is 6.83. The molecule has 14 heavy (non-hydrogen) atoms. The van der Waals surface area contributed by atoms with Crippen LogP contribution in [0.3, 0.4) is 0 Å². The molecule has 0 aromatic carbocycles. The molecule has 1 aromatic rings. The number of carbonyl (C=O) groups is 1. The first-order valence-electron chi connectivity index (χ1n) is 4.88. The molecule has 0 aliphatic carbocycles. The highest BCUT2D eigenvalue weighted by Gasteiger charge is 2.02. The van der Waals surface area contributed by atoms with Gasteiger partial charge in [0.25, 0.3) is 0 Å². The number of hydrogen-bond acceptors (Lipinski definition) is 3. The van der Waals surface area contributed by atoms with Crippen molar-refractivity contribution in [2.75, 3.05) is 6.61 Å². The zero-order valence-corrected chi connectivity index (χ0v) is 8.99. The Morgan fingerprint density at radius 1 is 1.43 bits per heavy atom. The smallest absolute Gasteiger partial charge is 0.311 e. The van der Waals surface area contributed by atoms with E-state index in [2.05, 4.69) is 4.98 Å². The summed E-state index contributed by atoms with van der Waals surface area (Å²) in [5, 5.41) is 0. The number of pyridine rings is 1. The van der Waals surface area contributed by atoms with Gasteiger partial charge in [0.15, 0.2) is 0 Å². The van der Waals surface area contributed by atoms with Crippen molar-refractivity contribution in [1.82, 2.24) is 4.98 Å². The van der Waals surface area contributed by atoms with Crippen LogP contribution in [0.4, 0.5) is 0 Å². The van der Waals surface area contributed by atoms with E-state index in [1.54, 1.807) is 19.2 Å². The standard InChI is InChI=1S/C9H11NO2.C2H6/c1-2-12-9(11)7-8-5-3-4-6-10-8;1-2/h3-6H,2,7H2,1H3;1-2H3. The maximum atomic E-state index is 11.0. The average Bonchev–Trinajstić information content (AvgIpc) is 2.22. The fourth-order valence-electron chi connectivity index (χ4n) is 0.863. The summed E-state index contributed by atoms with van der Waals surface area (Å²) < 4.78 is 4.77. The summed E-state index contributed by atoms with van der Waals surface area (Å²) in [4.78, 5) is 15.0. The first kappa shape index (κ1) is 12.6. The number of nitrogens with zero attached hydrogens (tertiary/aromatic N) is 1. The lowest BCUT2D eigenvalue weighted by molar-refractivity contribution is -0.142. The fraction of sp³-hybridized carbons (Fsp3) is 0.455. The van der Waals surface area contributed by atoms with Crippen LogP contribution in [0.1, 0.15) is 26.5 Å².